The fourth-order valence-electron chi connectivity index (χ4n) is 1.67. The maximum atomic E-state index is 11.2. The molecule has 6 heteroatoms. The topological polar surface area (TPSA) is 64.4 Å². The van der Waals surface area contributed by atoms with Crippen LogP contribution in [0.2, 0.25) is 0 Å². The number of ether oxygens (including phenoxy) is 1. The maximum absolute atomic E-state index is 11.2. The highest BCUT2D eigenvalue weighted by Gasteiger charge is 2.15. The van der Waals surface area contributed by atoms with Gasteiger partial charge in [-0.2, -0.15) is 0 Å². The van der Waals surface area contributed by atoms with Crippen LogP contribution in [0.25, 0.3) is 0 Å². The van der Waals surface area contributed by atoms with Crippen molar-refractivity contribution in [2.75, 3.05) is 13.7 Å². The molecule has 0 saturated heterocycles. The molecule has 0 spiro atoms. The largest absolute Gasteiger partial charge is 0.383 e. The lowest BCUT2D eigenvalue weighted by Gasteiger charge is -2.17. The molecule has 1 atom stereocenters. The van der Waals surface area contributed by atoms with Crippen molar-refractivity contribution in [2.45, 2.75) is 46.1 Å². The van der Waals surface area contributed by atoms with Crippen molar-refractivity contribution >= 4 is 11.6 Å². The zero-order chi connectivity index (χ0) is 16.3. The van der Waals surface area contributed by atoms with E-state index >= 15 is 0 Å². The van der Waals surface area contributed by atoms with Crippen LogP contribution < -0.4 is 5.32 Å². The Morgan fingerprint density at radius 3 is 2.57 bits per heavy atom. The number of rotatable bonds is 10. The van der Waals surface area contributed by atoms with Gasteiger partial charge in [-0.3, -0.25) is 10.1 Å². The number of methoxy groups -OCH3 is 1. The highest BCUT2D eigenvalue weighted by molar-refractivity contribution is 6.31. The molecule has 0 bridgehead atoms. The lowest BCUT2D eigenvalue weighted by Crippen LogP contribution is -2.32. The van der Waals surface area contributed by atoms with E-state index in [4.69, 9.17) is 16.3 Å². The number of nitro groups is 1. The van der Waals surface area contributed by atoms with Crippen molar-refractivity contribution in [3.05, 3.63) is 44.8 Å². The summed E-state index contributed by atoms with van der Waals surface area (Å²) in [6.45, 7) is 6.22. The van der Waals surface area contributed by atoms with Gasteiger partial charge in [0.05, 0.1) is 17.2 Å². The highest BCUT2D eigenvalue weighted by Crippen LogP contribution is 2.11. The van der Waals surface area contributed by atoms with Crippen LogP contribution in [0.4, 0.5) is 0 Å². The second kappa shape index (κ2) is 11.3. The van der Waals surface area contributed by atoms with Gasteiger partial charge < -0.3 is 10.1 Å². The predicted molar refractivity (Wildman–Crippen MR) is 86.8 cm³/mol. The molecule has 0 aromatic heterocycles. The highest BCUT2D eigenvalue weighted by atomic mass is 35.5. The number of nitrogens with zero attached hydrogens (tertiary/aromatic N) is 1. The van der Waals surface area contributed by atoms with Gasteiger partial charge in [0.15, 0.2) is 0 Å². The lowest BCUT2D eigenvalue weighted by molar-refractivity contribution is -0.420. The summed E-state index contributed by atoms with van der Waals surface area (Å²) >= 11 is 5.98. The molecule has 0 aromatic rings. The van der Waals surface area contributed by atoms with Crippen LogP contribution >= 0.6 is 11.6 Å². The van der Waals surface area contributed by atoms with E-state index < -0.39 is 4.92 Å². The predicted octanol–water partition coefficient (Wildman–Crippen LogP) is 3.99. The summed E-state index contributed by atoms with van der Waals surface area (Å²) in [5, 5.41) is 14.8. The van der Waals surface area contributed by atoms with Crippen LogP contribution in [0.5, 0.6) is 0 Å². The number of nitrogens with one attached hydrogen (secondary N) is 1. The summed E-state index contributed by atoms with van der Waals surface area (Å²) in [7, 11) is 1.61. The minimum Gasteiger partial charge on any atom is -0.383 e. The van der Waals surface area contributed by atoms with Crippen LogP contribution in [-0.2, 0) is 4.74 Å². The Labute approximate surface area is 131 Å². The Bertz CT molecular complexity index is 417. The third-order valence-corrected chi connectivity index (χ3v) is 3.17. The zero-order valence-electron chi connectivity index (χ0n) is 13.2. The standard InChI is InChI=1S/C15H25ClN2O3/c1-5-7-8-13(16)9-10-15(18(19)20)12(3)17-14(6-2)11-21-4/h8-10,14,17H,5-7,11H2,1-4H3/b10-9-,13-8-,15-12-. The minimum absolute atomic E-state index is 0.00704. The second-order valence-corrected chi connectivity index (χ2v) is 5.12. The van der Waals surface area contributed by atoms with Crippen LogP contribution in [0, 0.1) is 10.1 Å². The van der Waals surface area contributed by atoms with Crippen LogP contribution in [0.15, 0.2) is 34.7 Å². The number of halogens is 1. The smallest absolute Gasteiger partial charge is 0.287 e. The van der Waals surface area contributed by atoms with Crippen molar-refractivity contribution in [2.24, 2.45) is 0 Å². The molecule has 0 aliphatic carbocycles. The lowest BCUT2D eigenvalue weighted by atomic mass is 10.2. The molecule has 1 unspecified atom stereocenters. The Morgan fingerprint density at radius 2 is 2.10 bits per heavy atom. The molecule has 0 radical (unpaired) electrons. The van der Waals surface area contributed by atoms with E-state index in [-0.39, 0.29) is 11.7 Å². The Morgan fingerprint density at radius 1 is 1.43 bits per heavy atom. The minimum atomic E-state index is -0.414. The first-order valence-electron chi connectivity index (χ1n) is 7.10. The summed E-state index contributed by atoms with van der Waals surface area (Å²) in [4.78, 5) is 10.7. The fourth-order valence-corrected chi connectivity index (χ4v) is 1.85. The number of hydrogen-bond acceptors (Lipinski definition) is 4. The molecular weight excluding hydrogens is 292 g/mol. The summed E-state index contributed by atoms with van der Waals surface area (Å²) in [6, 6.07) is 0.0458. The SMILES string of the molecule is CCC/C=C(Cl)/C=C\C(=C(/C)NC(CC)COC)[N+](=O)[O-]. The van der Waals surface area contributed by atoms with E-state index in [1.165, 1.54) is 6.08 Å². The summed E-state index contributed by atoms with van der Waals surface area (Å²) in [5.41, 5.74) is 0.507. The first kappa shape index (κ1) is 19.7. The summed E-state index contributed by atoms with van der Waals surface area (Å²) in [5.74, 6) is 0. The average Bonchev–Trinajstić information content (AvgIpc) is 2.44. The number of hydrogen-bond donors (Lipinski definition) is 1. The molecule has 0 fully saturated rings. The normalized spacial score (nSPS) is 15.0. The van der Waals surface area contributed by atoms with Gasteiger partial charge in [-0.15, -0.1) is 0 Å². The van der Waals surface area contributed by atoms with Crippen molar-refractivity contribution < 1.29 is 9.66 Å². The molecule has 0 amide bonds. The molecular formula is C15H25ClN2O3. The van der Waals surface area contributed by atoms with Crippen molar-refractivity contribution in [1.82, 2.24) is 5.32 Å². The van der Waals surface area contributed by atoms with Gasteiger partial charge in [0.1, 0.15) is 0 Å². The van der Waals surface area contributed by atoms with E-state index in [9.17, 15) is 10.1 Å². The van der Waals surface area contributed by atoms with E-state index in [2.05, 4.69) is 5.32 Å². The van der Waals surface area contributed by atoms with E-state index in [1.54, 1.807) is 20.1 Å². The molecule has 0 heterocycles. The Kier molecular flexibility index (Phi) is 10.6. The molecule has 0 aliphatic heterocycles. The van der Waals surface area contributed by atoms with Gasteiger partial charge in [0.25, 0.3) is 5.70 Å². The molecule has 1 N–H and O–H groups in total. The van der Waals surface area contributed by atoms with Gasteiger partial charge in [-0.25, -0.2) is 0 Å². The quantitative estimate of drug-likeness (QED) is 0.376. The van der Waals surface area contributed by atoms with Gasteiger partial charge in [-0.1, -0.05) is 37.9 Å². The molecule has 0 rings (SSSR count). The molecule has 21 heavy (non-hydrogen) atoms. The third kappa shape index (κ3) is 8.52. The van der Waals surface area contributed by atoms with Crippen LogP contribution in [0.3, 0.4) is 0 Å². The summed E-state index contributed by atoms with van der Waals surface area (Å²) < 4.78 is 5.08. The maximum Gasteiger partial charge on any atom is 0.287 e. The van der Waals surface area contributed by atoms with E-state index in [0.717, 1.165) is 19.3 Å². The third-order valence-electron chi connectivity index (χ3n) is 2.89. The van der Waals surface area contributed by atoms with Gasteiger partial charge in [0, 0.05) is 24.3 Å². The van der Waals surface area contributed by atoms with E-state index in [0.29, 0.717) is 17.3 Å². The number of unbranched alkanes of at least 4 members (excludes halogenated alkanes) is 1. The number of allylic oxidation sites excluding steroid dienone is 5. The van der Waals surface area contributed by atoms with Gasteiger partial charge in [-0.05, 0) is 25.8 Å². The van der Waals surface area contributed by atoms with Crippen LogP contribution in [0.1, 0.15) is 40.0 Å². The van der Waals surface area contributed by atoms with Gasteiger partial charge >= 0.3 is 0 Å². The van der Waals surface area contributed by atoms with E-state index in [1.807, 2.05) is 19.9 Å². The Balaban J connectivity index is 5.05. The first-order valence-corrected chi connectivity index (χ1v) is 7.48. The monoisotopic (exact) mass is 316 g/mol. The van der Waals surface area contributed by atoms with Crippen molar-refractivity contribution in [1.29, 1.82) is 0 Å². The Hall–Kier alpha value is -1.33. The average molecular weight is 317 g/mol. The van der Waals surface area contributed by atoms with Crippen LogP contribution in [-0.4, -0.2) is 24.7 Å². The zero-order valence-corrected chi connectivity index (χ0v) is 13.9. The van der Waals surface area contributed by atoms with Crippen molar-refractivity contribution in [3.8, 4) is 0 Å². The van der Waals surface area contributed by atoms with Crippen molar-refractivity contribution in [3.63, 3.8) is 0 Å². The molecule has 5 nitrogen and oxygen atoms in total. The molecule has 120 valence electrons. The fraction of sp³-hybridized carbons (Fsp3) is 0.600. The first-order chi connectivity index (χ1) is 9.96. The molecule has 0 saturated carbocycles. The molecule has 0 aliphatic rings. The second-order valence-electron chi connectivity index (χ2n) is 4.68. The summed E-state index contributed by atoms with van der Waals surface area (Å²) in [6.07, 6.45) is 7.48. The molecule has 0 aromatic carbocycles. The van der Waals surface area contributed by atoms with Gasteiger partial charge in [0.2, 0.25) is 0 Å².